The van der Waals surface area contributed by atoms with Crippen LogP contribution in [-0.2, 0) is 19.6 Å². The third kappa shape index (κ3) is 5.52. The van der Waals surface area contributed by atoms with Crippen molar-refractivity contribution in [2.75, 3.05) is 23.3 Å². The van der Waals surface area contributed by atoms with Crippen LogP contribution in [0, 0.1) is 13.8 Å². The van der Waals surface area contributed by atoms with Gasteiger partial charge >= 0.3 is 5.97 Å². The molecule has 0 spiro atoms. The number of ether oxygens (including phenoxy) is 1. The molecule has 0 aliphatic heterocycles. The van der Waals surface area contributed by atoms with Gasteiger partial charge in [0.25, 0.3) is 10.0 Å². The Bertz CT molecular complexity index is 1340. The van der Waals surface area contributed by atoms with Crippen LogP contribution in [-0.4, -0.2) is 33.9 Å². The molecule has 0 unspecified atom stereocenters. The molecule has 0 bridgehead atoms. The number of nitrogens with one attached hydrogen (secondary N) is 1. The van der Waals surface area contributed by atoms with E-state index in [0.717, 1.165) is 9.87 Å². The summed E-state index contributed by atoms with van der Waals surface area (Å²) in [5.41, 5.74) is 2.00. The highest BCUT2D eigenvalue weighted by Gasteiger charge is 2.29. The van der Waals surface area contributed by atoms with Gasteiger partial charge in [-0.15, -0.1) is 0 Å². The third-order valence-corrected chi connectivity index (χ3v) is 7.57. The lowest BCUT2D eigenvalue weighted by Gasteiger charge is -2.26. The molecule has 0 aromatic heterocycles. The monoisotopic (exact) mass is 520 g/mol. The smallest absolute Gasteiger partial charge is 0.339 e. The summed E-state index contributed by atoms with van der Waals surface area (Å²) < 4.78 is 32.8. The van der Waals surface area contributed by atoms with Crippen molar-refractivity contribution < 1.29 is 22.7 Å². The zero-order chi connectivity index (χ0) is 25.0. The fourth-order valence-electron chi connectivity index (χ4n) is 3.20. The number of amides is 1. The zero-order valence-electron chi connectivity index (χ0n) is 18.6. The third-order valence-electron chi connectivity index (χ3n) is 5.06. The van der Waals surface area contributed by atoms with E-state index in [1.807, 2.05) is 6.92 Å². The number of carbonyl (C=O) groups is 2. The number of methoxy groups -OCH3 is 1. The van der Waals surface area contributed by atoms with Gasteiger partial charge in [-0.3, -0.25) is 9.10 Å². The Hall–Kier alpha value is -3.07. The number of rotatable bonds is 7. The summed E-state index contributed by atoms with van der Waals surface area (Å²) in [6.07, 6.45) is 0. The van der Waals surface area contributed by atoms with E-state index in [1.54, 1.807) is 37.3 Å². The molecule has 0 fully saturated rings. The van der Waals surface area contributed by atoms with E-state index in [2.05, 4.69) is 10.1 Å². The maximum Gasteiger partial charge on any atom is 0.339 e. The SMILES string of the molecule is COC(=O)c1cc(NC(=O)CN(c2cccc(Cl)c2C)S(=O)(=O)c2ccc(C)cc2)ccc1Cl. The van der Waals surface area contributed by atoms with Gasteiger partial charge in [0.2, 0.25) is 5.91 Å². The molecule has 3 aromatic rings. The number of hydrogen-bond acceptors (Lipinski definition) is 5. The molecular formula is C24H22Cl2N2O5S. The van der Waals surface area contributed by atoms with Gasteiger partial charge < -0.3 is 10.1 Å². The van der Waals surface area contributed by atoms with Crippen molar-refractivity contribution in [3.8, 4) is 0 Å². The maximum absolute atomic E-state index is 13.5. The topological polar surface area (TPSA) is 92.8 Å². The molecular weight excluding hydrogens is 499 g/mol. The van der Waals surface area contributed by atoms with Crippen LogP contribution in [0.5, 0.6) is 0 Å². The fourth-order valence-corrected chi connectivity index (χ4v) is 5.05. The summed E-state index contributed by atoms with van der Waals surface area (Å²) in [4.78, 5) is 24.9. The Morgan fingerprint density at radius 2 is 1.65 bits per heavy atom. The van der Waals surface area contributed by atoms with Gasteiger partial charge in [0.1, 0.15) is 6.54 Å². The molecule has 1 amide bonds. The minimum Gasteiger partial charge on any atom is -0.465 e. The predicted octanol–water partition coefficient (Wildman–Crippen LogP) is 5.23. The van der Waals surface area contributed by atoms with E-state index in [0.29, 0.717) is 10.6 Å². The number of benzene rings is 3. The Kier molecular flexibility index (Phi) is 7.86. The molecule has 0 heterocycles. The lowest BCUT2D eigenvalue weighted by atomic mass is 10.2. The Morgan fingerprint density at radius 1 is 0.971 bits per heavy atom. The van der Waals surface area contributed by atoms with Crippen molar-refractivity contribution in [2.24, 2.45) is 0 Å². The van der Waals surface area contributed by atoms with Crippen molar-refractivity contribution in [3.05, 3.63) is 87.4 Å². The first-order valence-corrected chi connectivity index (χ1v) is 12.3. The fraction of sp³-hybridized carbons (Fsp3) is 0.167. The van der Waals surface area contributed by atoms with Crippen molar-refractivity contribution in [1.82, 2.24) is 0 Å². The second-order valence-corrected chi connectivity index (χ2v) is 10.1. The molecule has 0 aliphatic carbocycles. The molecule has 3 aromatic carbocycles. The number of carbonyl (C=O) groups excluding carboxylic acids is 2. The number of anilines is 2. The minimum absolute atomic E-state index is 0.0322. The van der Waals surface area contributed by atoms with E-state index >= 15 is 0 Å². The standard InChI is InChI=1S/C24H22Cl2N2O5S/c1-15-7-10-18(11-8-15)34(31,32)28(22-6-4-5-20(25)16(22)2)14-23(29)27-17-9-12-21(26)19(13-17)24(30)33-3/h4-13H,14H2,1-3H3,(H,27,29). The van der Waals surface area contributed by atoms with Crippen molar-refractivity contribution in [1.29, 1.82) is 0 Å². The van der Waals surface area contributed by atoms with E-state index < -0.39 is 28.4 Å². The second-order valence-electron chi connectivity index (χ2n) is 7.44. The van der Waals surface area contributed by atoms with Crippen LogP contribution in [0.15, 0.2) is 65.6 Å². The van der Waals surface area contributed by atoms with Gasteiger partial charge in [0.05, 0.1) is 28.3 Å². The van der Waals surface area contributed by atoms with Gasteiger partial charge in [-0.2, -0.15) is 0 Å². The predicted molar refractivity (Wildman–Crippen MR) is 133 cm³/mol. The molecule has 0 saturated carbocycles. The van der Waals surface area contributed by atoms with Crippen LogP contribution in [0.25, 0.3) is 0 Å². The largest absolute Gasteiger partial charge is 0.465 e. The second kappa shape index (κ2) is 10.5. The van der Waals surface area contributed by atoms with E-state index in [1.165, 1.54) is 37.4 Å². The Labute approximate surface area is 208 Å². The summed E-state index contributed by atoms with van der Waals surface area (Å²) in [5.74, 6) is -1.30. The number of esters is 1. The van der Waals surface area contributed by atoms with Crippen LogP contribution >= 0.6 is 23.2 Å². The average Bonchev–Trinajstić information content (AvgIpc) is 2.80. The van der Waals surface area contributed by atoms with Crippen molar-refractivity contribution in [2.45, 2.75) is 18.7 Å². The summed E-state index contributed by atoms with van der Waals surface area (Å²) in [6, 6.07) is 15.4. The van der Waals surface area contributed by atoms with Gasteiger partial charge in [0.15, 0.2) is 0 Å². The van der Waals surface area contributed by atoms with Gasteiger partial charge in [-0.05, 0) is 61.9 Å². The van der Waals surface area contributed by atoms with E-state index in [9.17, 15) is 18.0 Å². The molecule has 34 heavy (non-hydrogen) atoms. The molecule has 0 aliphatic rings. The number of hydrogen-bond donors (Lipinski definition) is 1. The Balaban J connectivity index is 1.98. The molecule has 7 nitrogen and oxygen atoms in total. The average molecular weight is 521 g/mol. The molecule has 1 N–H and O–H groups in total. The zero-order valence-corrected chi connectivity index (χ0v) is 21.0. The first-order chi connectivity index (χ1) is 16.0. The van der Waals surface area contributed by atoms with Crippen LogP contribution in [0.2, 0.25) is 10.0 Å². The lowest BCUT2D eigenvalue weighted by molar-refractivity contribution is -0.114. The summed E-state index contributed by atoms with van der Waals surface area (Å²) in [6.45, 7) is 2.99. The maximum atomic E-state index is 13.5. The van der Waals surface area contributed by atoms with Crippen LogP contribution in [0.4, 0.5) is 11.4 Å². The number of sulfonamides is 1. The van der Waals surface area contributed by atoms with Gasteiger partial charge in [-0.25, -0.2) is 13.2 Å². The number of nitrogens with zero attached hydrogens (tertiary/aromatic N) is 1. The van der Waals surface area contributed by atoms with Crippen LogP contribution in [0.1, 0.15) is 21.5 Å². The molecule has 178 valence electrons. The first-order valence-electron chi connectivity index (χ1n) is 10.1. The normalized spacial score (nSPS) is 11.1. The van der Waals surface area contributed by atoms with E-state index in [4.69, 9.17) is 23.2 Å². The quantitative estimate of drug-likeness (QED) is 0.430. The van der Waals surface area contributed by atoms with Crippen LogP contribution in [0.3, 0.4) is 0 Å². The Morgan fingerprint density at radius 3 is 2.29 bits per heavy atom. The minimum atomic E-state index is -4.11. The highest BCUT2D eigenvalue weighted by molar-refractivity contribution is 7.92. The summed E-state index contributed by atoms with van der Waals surface area (Å²) >= 11 is 12.3. The van der Waals surface area contributed by atoms with Crippen molar-refractivity contribution in [3.63, 3.8) is 0 Å². The number of halogens is 2. The summed E-state index contributed by atoms with van der Waals surface area (Å²) in [7, 11) is -2.90. The van der Waals surface area contributed by atoms with Crippen LogP contribution < -0.4 is 9.62 Å². The number of aryl methyl sites for hydroxylation is 1. The molecule has 10 heteroatoms. The molecule has 3 rings (SSSR count). The van der Waals surface area contributed by atoms with Crippen molar-refractivity contribution >= 4 is 56.5 Å². The lowest BCUT2D eigenvalue weighted by Crippen LogP contribution is -2.38. The highest BCUT2D eigenvalue weighted by atomic mass is 35.5. The molecule has 0 radical (unpaired) electrons. The van der Waals surface area contributed by atoms with Gasteiger partial charge in [-0.1, -0.05) is 47.0 Å². The summed E-state index contributed by atoms with van der Waals surface area (Å²) in [5, 5.41) is 3.13. The molecule has 0 atom stereocenters. The highest BCUT2D eigenvalue weighted by Crippen LogP contribution is 2.31. The molecule has 0 saturated heterocycles. The first kappa shape index (κ1) is 25.6. The van der Waals surface area contributed by atoms with E-state index in [-0.39, 0.29) is 26.9 Å². The van der Waals surface area contributed by atoms with Gasteiger partial charge in [0, 0.05) is 10.7 Å².